The molecule has 0 atom stereocenters. The highest BCUT2D eigenvalue weighted by molar-refractivity contribution is 5.57. The van der Waals surface area contributed by atoms with Crippen molar-refractivity contribution in [1.29, 1.82) is 0 Å². The van der Waals surface area contributed by atoms with E-state index in [9.17, 15) is 0 Å². The lowest BCUT2D eigenvalue weighted by atomic mass is 10.2. The van der Waals surface area contributed by atoms with Crippen LogP contribution in [0.4, 0.5) is 11.6 Å². The third-order valence-electron chi connectivity index (χ3n) is 2.88. The van der Waals surface area contributed by atoms with Crippen molar-refractivity contribution >= 4 is 11.6 Å². The van der Waals surface area contributed by atoms with Gasteiger partial charge in [-0.25, -0.2) is 9.97 Å². The van der Waals surface area contributed by atoms with Gasteiger partial charge < -0.3 is 15.2 Å². The summed E-state index contributed by atoms with van der Waals surface area (Å²) in [5, 5.41) is 10.2. The molecule has 7 nitrogen and oxygen atoms in total. The summed E-state index contributed by atoms with van der Waals surface area (Å²) in [6.07, 6.45) is 5.59. The number of anilines is 2. The maximum Gasteiger partial charge on any atom is 0.228 e. The summed E-state index contributed by atoms with van der Waals surface area (Å²) in [4.78, 5) is 12.6. The summed E-state index contributed by atoms with van der Waals surface area (Å²) in [5.74, 6) is 2.39. The number of rotatable bonds is 8. The minimum Gasteiger partial charge on any atom is -0.370 e. The minimum atomic E-state index is 0.619. The standard InChI is InChI=1S/C13H20N6O/c1-3-6-14-12-10(4-2)13(18-8-17-12)15-7-5-11-16-9-19-20-11/h8-9H,3-7H2,1-2H3,(H2,14,15,17,18). The van der Waals surface area contributed by atoms with E-state index < -0.39 is 0 Å². The van der Waals surface area contributed by atoms with Gasteiger partial charge in [-0.05, 0) is 12.8 Å². The quantitative estimate of drug-likeness (QED) is 0.761. The monoisotopic (exact) mass is 276 g/mol. The molecule has 0 amide bonds. The Bertz CT molecular complexity index is 514. The Morgan fingerprint density at radius 3 is 2.35 bits per heavy atom. The van der Waals surface area contributed by atoms with Gasteiger partial charge in [0.1, 0.15) is 18.0 Å². The Kier molecular flexibility index (Phi) is 5.28. The van der Waals surface area contributed by atoms with Crippen LogP contribution in [0.5, 0.6) is 0 Å². The van der Waals surface area contributed by atoms with E-state index in [0.29, 0.717) is 18.9 Å². The first kappa shape index (κ1) is 14.2. The lowest BCUT2D eigenvalue weighted by Crippen LogP contribution is -2.12. The van der Waals surface area contributed by atoms with Crippen molar-refractivity contribution in [3.63, 3.8) is 0 Å². The largest absolute Gasteiger partial charge is 0.370 e. The number of nitrogens with zero attached hydrogens (tertiary/aromatic N) is 4. The highest BCUT2D eigenvalue weighted by Crippen LogP contribution is 2.20. The predicted octanol–water partition coefficient (Wildman–Crippen LogP) is 1.90. The second kappa shape index (κ2) is 7.42. The Hall–Kier alpha value is -2.18. The number of nitrogens with one attached hydrogen (secondary N) is 2. The van der Waals surface area contributed by atoms with Gasteiger partial charge in [-0.3, -0.25) is 0 Å². The highest BCUT2D eigenvalue weighted by atomic mass is 16.5. The first-order valence-corrected chi connectivity index (χ1v) is 6.92. The zero-order valence-electron chi connectivity index (χ0n) is 11.9. The van der Waals surface area contributed by atoms with Gasteiger partial charge in [-0.15, -0.1) is 0 Å². The van der Waals surface area contributed by atoms with E-state index in [2.05, 4.69) is 44.6 Å². The first-order chi connectivity index (χ1) is 9.85. The van der Waals surface area contributed by atoms with Gasteiger partial charge in [-0.1, -0.05) is 19.0 Å². The van der Waals surface area contributed by atoms with E-state index in [0.717, 1.165) is 36.6 Å². The van der Waals surface area contributed by atoms with Gasteiger partial charge in [0.2, 0.25) is 5.89 Å². The third-order valence-corrected chi connectivity index (χ3v) is 2.88. The average molecular weight is 276 g/mol. The Labute approximate surface area is 118 Å². The predicted molar refractivity (Wildman–Crippen MR) is 76.7 cm³/mol. The molecule has 0 spiro atoms. The van der Waals surface area contributed by atoms with Crippen molar-refractivity contribution < 1.29 is 4.52 Å². The van der Waals surface area contributed by atoms with Gasteiger partial charge in [0, 0.05) is 25.1 Å². The van der Waals surface area contributed by atoms with Gasteiger partial charge >= 0.3 is 0 Å². The summed E-state index contributed by atoms with van der Waals surface area (Å²) < 4.78 is 4.96. The van der Waals surface area contributed by atoms with Gasteiger partial charge in [0.05, 0.1) is 0 Å². The molecule has 108 valence electrons. The number of hydrogen-bond acceptors (Lipinski definition) is 7. The lowest BCUT2D eigenvalue weighted by molar-refractivity contribution is 0.379. The van der Waals surface area contributed by atoms with Crippen molar-refractivity contribution in [1.82, 2.24) is 20.1 Å². The van der Waals surface area contributed by atoms with Crippen molar-refractivity contribution in [3.8, 4) is 0 Å². The molecule has 0 aliphatic heterocycles. The molecule has 0 saturated carbocycles. The highest BCUT2D eigenvalue weighted by Gasteiger charge is 2.09. The van der Waals surface area contributed by atoms with Crippen LogP contribution in [0.15, 0.2) is 17.2 Å². The molecule has 0 aromatic carbocycles. The van der Waals surface area contributed by atoms with Crippen LogP contribution in [-0.4, -0.2) is 33.2 Å². The fraction of sp³-hybridized carbons (Fsp3) is 0.538. The summed E-state index contributed by atoms with van der Waals surface area (Å²) in [6, 6.07) is 0. The molecule has 2 rings (SSSR count). The summed E-state index contributed by atoms with van der Waals surface area (Å²) in [7, 11) is 0. The van der Waals surface area contributed by atoms with Crippen LogP contribution in [0.3, 0.4) is 0 Å². The zero-order chi connectivity index (χ0) is 14.2. The van der Waals surface area contributed by atoms with Crippen LogP contribution >= 0.6 is 0 Å². The second-order valence-electron chi connectivity index (χ2n) is 4.34. The zero-order valence-corrected chi connectivity index (χ0v) is 11.9. The molecule has 0 unspecified atom stereocenters. The minimum absolute atomic E-state index is 0.619. The Morgan fingerprint density at radius 2 is 1.75 bits per heavy atom. The first-order valence-electron chi connectivity index (χ1n) is 6.92. The molecule has 7 heteroatoms. The van der Waals surface area contributed by atoms with E-state index in [1.165, 1.54) is 6.33 Å². The van der Waals surface area contributed by atoms with Crippen LogP contribution in [0.1, 0.15) is 31.7 Å². The molecule has 0 radical (unpaired) electrons. The second-order valence-corrected chi connectivity index (χ2v) is 4.34. The molecule has 2 aromatic heterocycles. The molecule has 2 heterocycles. The van der Waals surface area contributed by atoms with Crippen LogP contribution < -0.4 is 10.6 Å². The van der Waals surface area contributed by atoms with Crippen molar-refractivity contribution in [3.05, 3.63) is 24.1 Å². The molecule has 0 saturated heterocycles. The number of aromatic nitrogens is 4. The van der Waals surface area contributed by atoms with E-state index in [1.807, 2.05) is 0 Å². The fourth-order valence-electron chi connectivity index (χ4n) is 1.89. The molecule has 0 bridgehead atoms. The number of hydrogen-bond donors (Lipinski definition) is 2. The summed E-state index contributed by atoms with van der Waals surface area (Å²) in [6.45, 7) is 5.83. The normalized spacial score (nSPS) is 10.5. The molecule has 2 aromatic rings. The topological polar surface area (TPSA) is 88.8 Å². The Balaban J connectivity index is 1.99. The SMILES string of the molecule is CCCNc1ncnc(NCCc2ncno2)c1CC. The Morgan fingerprint density at radius 1 is 1.00 bits per heavy atom. The fourth-order valence-corrected chi connectivity index (χ4v) is 1.89. The molecule has 0 fully saturated rings. The third kappa shape index (κ3) is 3.66. The van der Waals surface area contributed by atoms with Crippen molar-refractivity contribution in [2.75, 3.05) is 23.7 Å². The molecular weight excluding hydrogens is 256 g/mol. The van der Waals surface area contributed by atoms with Gasteiger partial charge in [0.25, 0.3) is 0 Å². The van der Waals surface area contributed by atoms with E-state index in [1.54, 1.807) is 6.33 Å². The summed E-state index contributed by atoms with van der Waals surface area (Å²) in [5.41, 5.74) is 1.10. The lowest BCUT2D eigenvalue weighted by Gasteiger charge is -2.13. The molecule has 0 aliphatic carbocycles. The molecule has 0 aliphatic rings. The molecule has 20 heavy (non-hydrogen) atoms. The van der Waals surface area contributed by atoms with E-state index in [4.69, 9.17) is 4.52 Å². The van der Waals surface area contributed by atoms with Crippen LogP contribution in [0.2, 0.25) is 0 Å². The smallest absolute Gasteiger partial charge is 0.228 e. The van der Waals surface area contributed by atoms with Gasteiger partial charge in [-0.2, -0.15) is 4.98 Å². The van der Waals surface area contributed by atoms with Gasteiger partial charge in [0.15, 0.2) is 6.33 Å². The average Bonchev–Trinajstić information content (AvgIpc) is 2.98. The molecular formula is C13H20N6O. The summed E-state index contributed by atoms with van der Waals surface area (Å²) >= 11 is 0. The van der Waals surface area contributed by atoms with Crippen molar-refractivity contribution in [2.24, 2.45) is 0 Å². The van der Waals surface area contributed by atoms with Crippen molar-refractivity contribution in [2.45, 2.75) is 33.1 Å². The van der Waals surface area contributed by atoms with Crippen LogP contribution in [-0.2, 0) is 12.8 Å². The van der Waals surface area contributed by atoms with Crippen LogP contribution in [0, 0.1) is 0 Å². The van der Waals surface area contributed by atoms with E-state index in [-0.39, 0.29) is 0 Å². The maximum atomic E-state index is 4.96. The molecule has 2 N–H and O–H groups in total. The maximum absolute atomic E-state index is 4.96. The van der Waals surface area contributed by atoms with Crippen LogP contribution in [0.25, 0.3) is 0 Å². The van der Waals surface area contributed by atoms with E-state index >= 15 is 0 Å².